The Kier molecular flexibility index (Phi) is 5.31. The molecule has 8 heteroatoms. The molecule has 0 aliphatic carbocycles. The molecule has 0 aliphatic rings. The third-order valence-corrected chi connectivity index (χ3v) is 3.57. The van der Waals surface area contributed by atoms with E-state index in [9.17, 15) is 13.2 Å². The maximum Gasteiger partial charge on any atom is 0.401 e. The van der Waals surface area contributed by atoms with Gasteiger partial charge in [-0.25, -0.2) is 4.98 Å². The molecule has 0 spiro atoms. The molecule has 1 N–H and O–H groups in total. The molecule has 0 aliphatic heterocycles. The van der Waals surface area contributed by atoms with Gasteiger partial charge in [0.25, 0.3) is 0 Å². The second-order valence-corrected chi connectivity index (χ2v) is 5.56. The molecule has 22 heavy (non-hydrogen) atoms. The van der Waals surface area contributed by atoms with Crippen molar-refractivity contribution >= 4 is 22.6 Å². The van der Waals surface area contributed by atoms with Crippen molar-refractivity contribution in [1.29, 1.82) is 0 Å². The summed E-state index contributed by atoms with van der Waals surface area (Å²) in [5, 5.41) is 9.37. The molecule has 0 radical (unpaired) electrons. The summed E-state index contributed by atoms with van der Waals surface area (Å²) in [6.07, 6.45) is -4.00. The third-order valence-electron chi connectivity index (χ3n) is 3.34. The molecule has 4 nitrogen and oxygen atoms in total. The second-order valence-electron chi connectivity index (χ2n) is 5.12. The summed E-state index contributed by atoms with van der Waals surface area (Å²) in [6, 6.07) is 5.19. The number of fused-ring (bicyclic) bond motifs is 1. The maximum absolute atomic E-state index is 12.6. The molecule has 0 unspecified atom stereocenters. The van der Waals surface area contributed by atoms with Crippen molar-refractivity contribution in [3.05, 3.63) is 29.0 Å². The number of aryl methyl sites for hydroxylation is 1. The van der Waals surface area contributed by atoms with Crippen molar-refractivity contribution in [2.75, 3.05) is 19.7 Å². The fraction of sp³-hybridized carbons (Fsp3) is 0.500. The Balaban J connectivity index is 2.23. The highest BCUT2D eigenvalue weighted by Gasteiger charge is 2.31. The summed E-state index contributed by atoms with van der Waals surface area (Å²) < 4.78 is 39.7. The summed E-state index contributed by atoms with van der Waals surface area (Å²) >= 11 is 5.91. The Hall–Kier alpha value is -1.31. The van der Waals surface area contributed by atoms with Crippen LogP contribution in [0.5, 0.6) is 0 Å². The quantitative estimate of drug-likeness (QED) is 0.882. The predicted octanol–water partition coefficient (Wildman–Crippen LogP) is 2.97. The zero-order valence-corrected chi connectivity index (χ0v) is 12.8. The molecule has 0 amide bonds. The third kappa shape index (κ3) is 4.34. The Labute approximate surface area is 131 Å². The number of halogens is 4. The summed E-state index contributed by atoms with van der Waals surface area (Å²) in [7, 11) is 1.76. The Morgan fingerprint density at radius 2 is 2.09 bits per heavy atom. The van der Waals surface area contributed by atoms with Gasteiger partial charge in [0.05, 0.1) is 24.1 Å². The van der Waals surface area contributed by atoms with Crippen LogP contribution in [0.3, 0.4) is 0 Å². The van der Waals surface area contributed by atoms with Gasteiger partial charge in [0.2, 0.25) is 0 Å². The monoisotopic (exact) mass is 335 g/mol. The summed E-state index contributed by atoms with van der Waals surface area (Å²) in [4.78, 5) is 5.59. The van der Waals surface area contributed by atoms with Crippen LogP contribution < -0.4 is 0 Å². The van der Waals surface area contributed by atoms with E-state index in [1.165, 1.54) is 4.90 Å². The first-order chi connectivity index (χ1) is 10.3. The highest BCUT2D eigenvalue weighted by molar-refractivity contribution is 6.31. The van der Waals surface area contributed by atoms with Crippen LogP contribution in [-0.2, 0) is 13.6 Å². The molecule has 1 aromatic heterocycles. The zero-order valence-electron chi connectivity index (χ0n) is 12.1. The van der Waals surface area contributed by atoms with Crippen molar-refractivity contribution in [1.82, 2.24) is 14.5 Å². The first-order valence-electron chi connectivity index (χ1n) is 6.81. The summed E-state index contributed by atoms with van der Waals surface area (Å²) in [6.45, 7) is -0.967. The highest BCUT2D eigenvalue weighted by Crippen LogP contribution is 2.22. The van der Waals surface area contributed by atoms with E-state index < -0.39 is 12.7 Å². The lowest BCUT2D eigenvalue weighted by Gasteiger charge is -2.22. The molecule has 0 saturated heterocycles. The molecular formula is C14H17ClF3N3O. The number of hydrogen-bond acceptors (Lipinski definition) is 3. The van der Waals surface area contributed by atoms with Crippen LogP contribution in [0.1, 0.15) is 12.2 Å². The lowest BCUT2D eigenvalue weighted by molar-refractivity contribution is -0.147. The van der Waals surface area contributed by atoms with E-state index in [4.69, 9.17) is 16.7 Å². The average Bonchev–Trinajstić information content (AvgIpc) is 2.70. The van der Waals surface area contributed by atoms with Crippen molar-refractivity contribution in [3.8, 4) is 0 Å². The second kappa shape index (κ2) is 6.85. The van der Waals surface area contributed by atoms with E-state index in [0.29, 0.717) is 16.4 Å². The molecule has 1 aromatic carbocycles. The smallest absolute Gasteiger partial charge is 0.396 e. The molecule has 0 atom stereocenters. The number of aliphatic hydroxyl groups excluding tert-OH is 1. The highest BCUT2D eigenvalue weighted by atomic mass is 35.5. The number of nitrogens with zero attached hydrogens (tertiary/aromatic N) is 3. The lowest BCUT2D eigenvalue weighted by atomic mass is 10.3. The average molecular weight is 336 g/mol. The van der Waals surface area contributed by atoms with Gasteiger partial charge in [0.15, 0.2) is 0 Å². The van der Waals surface area contributed by atoms with E-state index in [2.05, 4.69) is 4.98 Å². The molecule has 0 bridgehead atoms. The number of alkyl halides is 3. The van der Waals surface area contributed by atoms with Crippen LogP contribution >= 0.6 is 11.6 Å². The number of rotatable bonds is 6. The molecular weight excluding hydrogens is 319 g/mol. The minimum absolute atomic E-state index is 0.0578. The predicted molar refractivity (Wildman–Crippen MR) is 78.8 cm³/mol. The van der Waals surface area contributed by atoms with Crippen LogP contribution in [-0.4, -0.2) is 45.4 Å². The largest absolute Gasteiger partial charge is 0.401 e. The van der Waals surface area contributed by atoms with Crippen LogP contribution in [0.25, 0.3) is 11.0 Å². The van der Waals surface area contributed by atoms with E-state index in [1.807, 2.05) is 0 Å². The van der Waals surface area contributed by atoms with Gasteiger partial charge in [-0.05, 0) is 24.6 Å². The molecule has 2 rings (SSSR count). The molecule has 0 saturated carbocycles. The molecule has 1 heterocycles. The van der Waals surface area contributed by atoms with Gasteiger partial charge in [-0.1, -0.05) is 11.6 Å². The molecule has 2 aromatic rings. The van der Waals surface area contributed by atoms with Crippen LogP contribution in [0, 0.1) is 0 Å². The zero-order chi connectivity index (χ0) is 16.3. The van der Waals surface area contributed by atoms with Gasteiger partial charge < -0.3 is 9.67 Å². The van der Waals surface area contributed by atoms with E-state index in [0.717, 1.165) is 5.52 Å². The minimum Gasteiger partial charge on any atom is -0.396 e. The van der Waals surface area contributed by atoms with Crippen LogP contribution in [0.4, 0.5) is 13.2 Å². The van der Waals surface area contributed by atoms with Gasteiger partial charge in [0.1, 0.15) is 5.82 Å². The van der Waals surface area contributed by atoms with Gasteiger partial charge in [0, 0.05) is 25.2 Å². The lowest BCUT2D eigenvalue weighted by Crippen LogP contribution is -2.35. The van der Waals surface area contributed by atoms with Gasteiger partial charge in [-0.3, -0.25) is 4.90 Å². The first-order valence-corrected chi connectivity index (χ1v) is 7.19. The van der Waals surface area contributed by atoms with Crippen molar-refractivity contribution in [2.24, 2.45) is 7.05 Å². The first kappa shape index (κ1) is 17.1. The van der Waals surface area contributed by atoms with Gasteiger partial charge in [-0.2, -0.15) is 13.2 Å². The normalized spacial score (nSPS) is 12.5. The van der Waals surface area contributed by atoms with Crippen LogP contribution in [0.2, 0.25) is 5.02 Å². The van der Waals surface area contributed by atoms with E-state index in [1.54, 1.807) is 29.8 Å². The van der Waals surface area contributed by atoms with Gasteiger partial charge in [-0.15, -0.1) is 0 Å². The molecule has 0 fully saturated rings. The maximum atomic E-state index is 12.6. The number of hydrogen-bond donors (Lipinski definition) is 1. The standard InChI is InChI=1S/C14H17ClF3N3O/c1-20-12-4-3-10(15)7-11(12)19-13(20)8-21(5-2-6-22)9-14(16,17)18/h3-4,7,22H,2,5-6,8-9H2,1H3. The summed E-state index contributed by atoms with van der Waals surface area (Å²) in [5.41, 5.74) is 1.47. The Morgan fingerprint density at radius 3 is 2.73 bits per heavy atom. The fourth-order valence-electron chi connectivity index (χ4n) is 2.33. The van der Waals surface area contributed by atoms with E-state index in [-0.39, 0.29) is 26.1 Å². The van der Waals surface area contributed by atoms with Crippen LogP contribution in [0.15, 0.2) is 18.2 Å². The fourth-order valence-corrected chi connectivity index (χ4v) is 2.49. The van der Waals surface area contributed by atoms with Gasteiger partial charge >= 0.3 is 6.18 Å². The topological polar surface area (TPSA) is 41.3 Å². The summed E-state index contributed by atoms with van der Waals surface area (Å²) in [5.74, 6) is 0.527. The minimum atomic E-state index is -4.29. The van der Waals surface area contributed by atoms with Crippen molar-refractivity contribution in [2.45, 2.75) is 19.1 Å². The van der Waals surface area contributed by atoms with E-state index >= 15 is 0 Å². The number of aliphatic hydroxyl groups is 1. The Morgan fingerprint density at radius 1 is 1.36 bits per heavy atom. The SMILES string of the molecule is Cn1c(CN(CCCO)CC(F)(F)F)nc2cc(Cl)ccc21. The Bertz CT molecular complexity index is 642. The number of benzene rings is 1. The van der Waals surface area contributed by atoms with Crippen molar-refractivity contribution < 1.29 is 18.3 Å². The number of imidazole rings is 1. The number of aromatic nitrogens is 2. The van der Waals surface area contributed by atoms with Crippen molar-refractivity contribution in [3.63, 3.8) is 0 Å². The molecule has 122 valence electrons.